The predicted molar refractivity (Wildman–Crippen MR) is 36.9 cm³/mol. The van der Waals surface area contributed by atoms with Crippen molar-refractivity contribution in [2.45, 2.75) is 6.54 Å². The van der Waals surface area contributed by atoms with Crippen molar-refractivity contribution in [3.8, 4) is 0 Å². The van der Waals surface area contributed by atoms with Crippen LogP contribution in [0.1, 0.15) is 0 Å². The first kappa shape index (κ1) is 7.08. The molecule has 1 heterocycles. The lowest BCUT2D eigenvalue weighted by Gasteiger charge is -1.97. The van der Waals surface area contributed by atoms with Crippen LogP contribution in [0.3, 0.4) is 0 Å². The minimum absolute atomic E-state index is 0.0166. The zero-order valence-corrected chi connectivity index (χ0v) is 5.83. The summed E-state index contributed by atoms with van der Waals surface area (Å²) in [5.41, 5.74) is -0.0166. The van der Waals surface area contributed by atoms with Crippen molar-refractivity contribution in [1.82, 2.24) is 9.78 Å². The van der Waals surface area contributed by atoms with Crippen LogP contribution in [-0.2, 0) is 11.3 Å². The van der Waals surface area contributed by atoms with Crippen LogP contribution in [0.2, 0.25) is 0 Å². The summed E-state index contributed by atoms with van der Waals surface area (Å²) in [5, 5.41) is 2.76. The lowest BCUT2D eigenvalue weighted by atomic mass is 10.6. The van der Waals surface area contributed by atoms with Crippen molar-refractivity contribution in [3.05, 3.63) is 22.6 Å². The number of hydrogen-bond acceptors (Lipinski definition) is 2. The van der Waals surface area contributed by atoms with Crippen molar-refractivity contribution in [1.29, 1.82) is 0 Å². The van der Waals surface area contributed by atoms with Crippen molar-refractivity contribution >= 4 is 0 Å². The molecule has 0 atom stereocenters. The molecule has 0 aromatic carbocycles. The molecule has 1 aromatic heterocycles. The monoisotopic (exact) mass is 142 g/mol. The van der Waals surface area contributed by atoms with E-state index in [2.05, 4.69) is 5.10 Å². The summed E-state index contributed by atoms with van der Waals surface area (Å²) in [7, 11) is 1.61. The molecule has 0 aliphatic carbocycles. The van der Waals surface area contributed by atoms with Crippen LogP contribution >= 0.6 is 0 Å². The summed E-state index contributed by atoms with van der Waals surface area (Å²) >= 11 is 0. The Morgan fingerprint density at radius 3 is 3.10 bits per heavy atom. The fourth-order valence-corrected chi connectivity index (χ4v) is 0.709. The van der Waals surface area contributed by atoms with Crippen molar-refractivity contribution in [2.24, 2.45) is 0 Å². The molecule has 0 fully saturated rings. The van der Waals surface area contributed by atoms with Crippen LogP contribution in [0.4, 0.5) is 0 Å². The molecule has 4 heteroatoms. The summed E-state index contributed by atoms with van der Waals surface area (Å²) in [6, 6.07) is 1.48. The van der Waals surface area contributed by atoms with Gasteiger partial charge < -0.3 is 9.84 Å². The summed E-state index contributed by atoms with van der Waals surface area (Å²) in [5.74, 6) is 0. The average molecular weight is 142 g/mol. The Labute approximate surface area is 58.4 Å². The van der Waals surface area contributed by atoms with E-state index in [-0.39, 0.29) is 5.56 Å². The standard InChI is InChI=1S/C6H10N2O2/c1-10-5-4-8-6(9)2-3-7-8/h2-3,7H,4-5H2,1H3. The van der Waals surface area contributed by atoms with Gasteiger partial charge in [0.25, 0.3) is 5.56 Å². The predicted octanol–water partition coefficient (Wildman–Crippen LogP) is -0.177. The zero-order chi connectivity index (χ0) is 7.40. The molecule has 56 valence electrons. The molecule has 0 saturated heterocycles. The van der Waals surface area contributed by atoms with Gasteiger partial charge in [-0.1, -0.05) is 0 Å². The van der Waals surface area contributed by atoms with Gasteiger partial charge in [0.15, 0.2) is 0 Å². The molecule has 1 aromatic rings. The molecular formula is C6H10N2O2. The van der Waals surface area contributed by atoms with Crippen LogP contribution in [0.25, 0.3) is 0 Å². The van der Waals surface area contributed by atoms with E-state index in [1.807, 2.05) is 0 Å². The van der Waals surface area contributed by atoms with Crippen LogP contribution in [0.5, 0.6) is 0 Å². The maximum Gasteiger partial charge on any atom is 0.266 e. The van der Waals surface area contributed by atoms with E-state index in [4.69, 9.17) is 4.74 Å². The third-order valence-corrected chi connectivity index (χ3v) is 1.24. The average Bonchev–Trinajstić information content (AvgIpc) is 2.31. The largest absolute Gasteiger partial charge is 0.383 e. The van der Waals surface area contributed by atoms with Crippen LogP contribution in [0, 0.1) is 0 Å². The summed E-state index contributed by atoms with van der Waals surface area (Å²) in [4.78, 5) is 10.8. The van der Waals surface area contributed by atoms with Crippen molar-refractivity contribution < 1.29 is 4.74 Å². The highest BCUT2D eigenvalue weighted by atomic mass is 16.5. The van der Waals surface area contributed by atoms with Gasteiger partial charge in [-0.2, -0.15) is 0 Å². The van der Waals surface area contributed by atoms with Gasteiger partial charge in [-0.3, -0.25) is 9.48 Å². The van der Waals surface area contributed by atoms with Gasteiger partial charge in [-0.15, -0.1) is 0 Å². The van der Waals surface area contributed by atoms with Crippen molar-refractivity contribution in [3.63, 3.8) is 0 Å². The Morgan fingerprint density at radius 2 is 2.60 bits per heavy atom. The van der Waals surface area contributed by atoms with E-state index in [0.717, 1.165) is 0 Å². The molecule has 4 nitrogen and oxygen atoms in total. The van der Waals surface area contributed by atoms with Gasteiger partial charge in [0.05, 0.1) is 13.2 Å². The molecule has 1 N–H and O–H groups in total. The van der Waals surface area contributed by atoms with E-state index in [1.54, 1.807) is 13.3 Å². The quantitative estimate of drug-likeness (QED) is 0.636. The van der Waals surface area contributed by atoms with E-state index in [0.29, 0.717) is 13.2 Å². The maximum atomic E-state index is 10.8. The second kappa shape index (κ2) is 3.22. The van der Waals surface area contributed by atoms with E-state index in [1.165, 1.54) is 10.7 Å². The Morgan fingerprint density at radius 1 is 1.80 bits per heavy atom. The van der Waals surface area contributed by atoms with E-state index < -0.39 is 0 Å². The van der Waals surface area contributed by atoms with Gasteiger partial charge in [-0.25, -0.2) is 0 Å². The Bertz CT molecular complexity index is 238. The first-order chi connectivity index (χ1) is 4.84. The van der Waals surface area contributed by atoms with Gasteiger partial charge in [0, 0.05) is 19.4 Å². The molecule has 0 saturated carbocycles. The summed E-state index contributed by atoms with van der Waals surface area (Å²) < 4.78 is 6.28. The molecule has 0 amide bonds. The van der Waals surface area contributed by atoms with Gasteiger partial charge in [-0.05, 0) is 0 Å². The molecule has 0 bridgehead atoms. The molecule has 0 radical (unpaired) electrons. The molecule has 1 rings (SSSR count). The second-order valence-electron chi connectivity index (χ2n) is 1.95. The highest BCUT2D eigenvalue weighted by molar-refractivity contribution is 4.79. The fraction of sp³-hybridized carbons (Fsp3) is 0.500. The zero-order valence-electron chi connectivity index (χ0n) is 5.83. The van der Waals surface area contributed by atoms with Crippen molar-refractivity contribution in [2.75, 3.05) is 13.7 Å². The molecule has 10 heavy (non-hydrogen) atoms. The Hall–Kier alpha value is -1.03. The third kappa shape index (κ3) is 1.48. The number of nitrogens with one attached hydrogen (secondary N) is 1. The number of aromatic nitrogens is 2. The molecule has 0 aliphatic rings. The van der Waals surface area contributed by atoms with E-state index >= 15 is 0 Å². The topological polar surface area (TPSA) is 47.0 Å². The lowest BCUT2D eigenvalue weighted by Crippen LogP contribution is -2.18. The van der Waals surface area contributed by atoms with E-state index in [9.17, 15) is 4.79 Å². The third-order valence-electron chi connectivity index (χ3n) is 1.24. The number of methoxy groups -OCH3 is 1. The normalized spacial score (nSPS) is 10.1. The number of aromatic amines is 1. The highest BCUT2D eigenvalue weighted by Gasteiger charge is 1.92. The first-order valence-corrected chi connectivity index (χ1v) is 3.08. The maximum absolute atomic E-state index is 10.8. The Kier molecular flexibility index (Phi) is 2.28. The summed E-state index contributed by atoms with van der Waals surface area (Å²) in [6.07, 6.45) is 1.61. The number of nitrogens with zero attached hydrogens (tertiary/aromatic N) is 1. The minimum atomic E-state index is -0.0166. The highest BCUT2D eigenvalue weighted by Crippen LogP contribution is 1.75. The van der Waals surface area contributed by atoms with Gasteiger partial charge in [0.1, 0.15) is 0 Å². The number of hydrogen-bond donors (Lipinski definition) is 1. The molecular weight excluding hydrogens is 132 g/mol. The Balaban J connectivity index is 2.57. The number of rotatable bonds is 3. The fourth-order valence-electron chi connectivity index (χ4n) is 0.709. The van der Waals surface area contributed by atoms with Crippen LogP contribution < -0.4 is 5.56 Å². The lowest BCUT2D eigenvalue weighted by molar-refractivity contribution is 0.182. The van der Waals surface area contributed by atoms with Crippen LogP contribution in [0.15, 0.2) is 17.1 Å². The smallest absolute Gasteiger partial charge is 0.266 e. The van der Waals surface area contributed by atoms with Crippen LogP contribution in [-0.4, -0.2) is 23.5 Å². The SMILES string of the molecule is COCCn1[nH]ccc1=O. The number of H-pyrrole nitrogens is 1. The number of ether oxygens (including phenoxy) is 1. The first-order valence-electron chi connectivity index (χ1n) is 3.08. The van der Waals surface area contributed by atoms with Gasteiger partial charge >= 0.3 is 0 Å². The summed E-state index contributed by atoms with van der Waals surface area (Å²) in [6.45, 7) is 1.14. The molecule has 0 spiro atoms. The molecule has 0 unspecified atom stereocenters. The second-order valence-corrected chi connectivity index (χ2v) is 1.95. The minimum Gasteiger partial charge on any atom is -0.383 e. The molecule has 0 aliphatic heterocycles. The van der Waals surface area contributed by atoms with Gasteiger partial charge in [0.2, 0.25) is 0 Å².